The molecule has 9 nitrogen and oxygen atoms in total. The van der Waals surface area contributed by atoms with Crippen molar-refractivity contribution in [1.82, 2.24) is 15.2 Å². The number of aromatic nitrogens is 1. The average molecular weight is 404 g/mol. The Morgan fingerprint density at radius 3 is 2.59 bits per heavy atom. The lowest BCUT2D eigenvalue weighted by Gasteiger charge is -2.33. The lowest BCUT2D eigenvalue weighted by Crippen LogP contribution is -2.44. The molecule has 2 heterocycles. The second kappa shape index (κ2) is 8.36. The van der Waals surface area contributed by atoms with Crippen LogP contribution in [-0.2, 0) is 9.53 Å². The summed E-state index contributed by atoms with van der Waals surface area (Å²) in [6.45, 7) is 5.86. The van der Waals surface area contributed by atoms with E-state index in [-0.39, 0.29) is 47.7 Å². The first-order valence-corrected chi connectivity index (χ1v) is 9.84. The highest BCUT2D eigenvalue weighted by Gasteiger charge is 2.43. The molecule has 0 radical (unpaired) electrons. The SMILES string of the molecule is CC(C)(C)OCC1NC(=O)N(C2CCC(Oc3ncccc3C(N)=O)CC2)C1=O. The van der Waals surface area contributed by atoms with Crippen LogP contribution >= 0.6 is 0 Å². The average Bonchev–Trinajstić information content (AvgIpc) is 2.94. The van der Waals surface area contributed by atoms with Crippen LogP contribution in [0.25, 0.3) is 0 Å². The van der Waals surface area contributed by atoms with E-state index in [4.69, 9.17) is 15.2 Å². The number of primary amides is 1. The smallest absolute Gasteiger partial charge is 0.325 e. The van der Waals surface area contributed by atoms with Gasteiger partial charge in [0.15, 0.2) is 0 Å². The Bertz CT molecular complexity index is 783. The first-order valence-electron chi connectivity index (χ1n) is 9.84. The number of urea groups is 1. The molecular weight excluding hydrogens is 376 g/mol. The van der Waals surface area contributed by atoms with Crippen molar-refractivity contribution in [2.24, 2.45) is 5.73 Å². The zero-order chi connectivity index (χ0) is 21.2. The number of hydrogen-bond acceptors (Lipinski definition) is 6. The molecule has 2 aliphatic rings. The third-order valence-electron chi connectivity index (χ3n) is 5.06. The van der Waals surface area contributed by atoms with Crippen molar-refractivity contribution < 1.29 is 23.9 Å². The molecule has 1 saturated carbocycles. The molecule has 158 valence electrons. The van der Waals surface area contributed by atoms with Crippen molar-refractivity contribution in [2.75, 3.05) is 6.61 Å². The number of rotatable bonds is 6. The first-order chi connectivity index (χ1) is 13.7. The van der Waals surface area contributed by atoms with Crippen LogP contribution in [0.2, 0.25) is 0 Å². The first kappa shape index (κ1) is 21.0. The van der Waals surface area contributed by atoms with E-state index in [1.165, 1.54) is 4.90 Å². The fourth-order valence-electron chi connectivity index (χ4n) is 3.59. The molecule has 1 atom stereocenters. The van der Waals surface area contributed by atoms with Crippen molar-refractivity contribution in [2.45, 2.75) is 70.2 Å². The maximum absolute atomic E-state index is 12.7. The van der Waals surface area contributed by atoms with Crippen LogP contribution in [0, 0.1) is 0 Å². The fourth-order valence-corrected chi connectivity index (χ4v) is 3.59. The summed E-state index contributed by atoms with van der Waals surface area (Å²) in [5, 5.41) is 2.71. The molecular formula is C20H28N4O5. The maximum Gasteiger partial charge on any atom is 0.325 e. The normalized spacial score (nSPS) is 25.1. The summed E-state index contributed by atoms with van der Waals surface area (Å²) >= 11 is 0. The number of imide groups is 1. The highest BCUT2D eigenvalue weighted by atomic mass is 16.5. The molecule has 2 fully saturated rings. The maximum atomic E-state index is 12.7. The second-order valence-electron chi connectivity index (χ2n) is 8.40. The van der Waals surface area contributed by atoms with Gasteiger partial charge in [0.05, 0.1) is 12.2 Å². The fraction of sp³-hybridized carbons (Fsp3) is 0.600. The van der Waals surface area contributed by atoms with Gasteiger partial charge in [-0.25, -0.2) is 9.78 Å². The largest absolute Gasteiger partial charge is 0.474 e. The van der Waals surface area contributed by atoms with Crippen LogP contribution in [0.1, 0.15) is 56.8 Å². The third kappa shape index (κ3) is 5.03. The lowest BCUT2D eigenvalue weighted by atomic mass is 9.92. The van der Waals surface area contributed by atoms with Gasteiger partial charge in [0.25, 0.3) is 11.8 Å². The second-order valence-corrected chi connectivity index (χ2v) is 8.40. The van der Waals surface area contributed by atoms with Gasteiger partial charge in [-0.15, -0.1) is 0 Å². The number of hydrogen-bond donors (Lipinski definition) is 2. The molecule has 3 rings (SSSR count). The standard InChI is InChI=1S/C20H28N4O5/c1-20(2,3)28-11-15-18(26)24(19(27)23-15)12-6-8-13(9-7-12)29-17-14(16(21)25)5-4-10-22-17/h4-5,10,12-13,15H,6-9,11H2,1-3H3,(H2,21,25)(H,23,27). The number of nitrogens with one attached hydrogen (secondary N) is 1. The van der Waals surface area contributed by atoms with Gasteiger partial charge >= 0.3 is 6.03 Å². The van der Waals surface area contributed by atoms with Gasteiger partial charge in [0, 0.05) is 12.2 Å². The van der Waals surface area contributed by atoms with Crippen molar-refractivity contribution in [1.29, 1.82) is 0 Å². The number of nitrogens with two attached hydrogens (primary N) is 1. The molecule has 9 heteroatoms. The van der Waals surface area contributed by atoms with Crippen LogP contribution in [0.15, 0.2) is 18.3 Å². The molecule has 1 aromatic rings. The zero-order valence-corrected chi connectivity index (χ0v) is 17.0. The molecule has 0 aromatic carbocycles. The molecule has 0 bridgehead atoms. The highest BCUT2D eigenvalue weighted by molar-refractivity contribution is 6.04. The summed E-state index contributed by atoms with van der Waals surface area (Å²) in [5.74, 6) is -0.619. The van der Waals surface area contributed by atoms with Crippen molar-refractivity contribution >= 4 is 17.8 Å². The number of nitrogens with zero attached hydrogens (tertiary/aromatic N) is 2. The Morgan fingerprint density at radius 2 is 1.97 bits per heavy atom. The summed E-state index contributed by atoms with van der Waals surface area (Å²) in [7, 11) is 0. The Kier molecular flexibility index (Phi) is 6.07. The Labute approximate surface area is 169 Å². The number of ether oxygens (including phenoxy) is 2. The van der Waals surface area contributed by atoms with Gasteiger partial charge in [-0.05, 0) is 58.6 Å². The van der Waals surface area contributed by atoms with Crippen LogP contribution in [0.4, 0.5) is 4.79 Å². The molecule has 1 unspecified atom stereocenters. The summed E-state index contributed by atoms with van der Waals surface area (Å²) in [5.41, 5.74) is 5.22. The minimum atomic E-state index is -0.651. The van der Waals surface area contributed by atoms with Gasteiger partial charge in [-0.1, -0.05) is 0 Å². The highest BCUT2D eigenvalue weighted by Crippen LogP contribution is 2.29. The van der Waals surface area contributed by atoms with Gasteiger partial charge in [-0.3, -0.25) is 14.5 Å². The van der Waals surface area contributed by atoms with Crippen LogP contribution in [0.3, 0.4) is 0 Å². The van der Waals surface area contributed by atoms with Crippen LogP contribution in [0.5, 0.6) is 5.88 Å². The van der Waals surface area contributed by atoms with Gasteiger partial charge in [0.2, 0.25) is 5.88 Å². The topological polar surface area (TPSA) is 124 Å². The van der Waals surface area contributed by atoms with Gasteiger partial charge in [0.1, 0.15) is 17.7 Å². The minimum Gasteiger partial charge on any atom is -0.474 e. The molecule has 29 heavy (non-hydrogen) atoms. The van der Waals surface area contributed by atoms with E-state index in [0.29, 0.717) is 25.7 Å². The molecule has 3 N–H and O–H groups in total. The molecule has 1 saturated heterocycles. The predicted molar refractivity (Wildman–Crippen MR) is 104 cm³/mol. The number of amides is 4. The molecule has 0 spiro atoms. The Balaban J connectivity index is 1.56. The summed E-state index contributed by atoms with van der Waals surface area (Å²) in [6.07, 6.45) is 3.91. The summed E-state index contributed by atoms with van der Waals surface area (Å²) in [6, 6.07) is 2.00. The van der Waals surface area contributed by atoms with Gasteiger partial charge < -0.3 is 20.5 Å². The molecule has 1 aromatic heterocycles. The number of carbonyl (C=O) groups excluding carboxylic acids is 3. The van der Waals surface area contributed by atoms with Crippen LogP contribution in [-0.4, -0.2) is 58.1 Å². The number of carbonyl (C=O) groups is 3. The van der Waals surface area contributed by atoms with Gasteiger partial charge in [-0.2, -0.15) is 0 Å². The molecule has 4 amide bonds. The van der Waals surface area contributed by atoms with Crippen molar-refractivity contribution in [3.63, 3.8) is 0 Å². The summed E-state index contributed by atoms with van der Waals surface area (Å²) in [4.78, 5) is 42.0. The molecule has 1 aliphatic carbocycles. The quantitative estimate of drug-likeness (QED) is 0.694. The molecule has 1 aliphatic heterocycles. The third-order valence-corrected chi connectivity index (χ3v) is 5.06. The summed E-state index contributed by atoms with van der Waals surface area (Å²) < 4.78 is 11.5. The zero-order valence-electron chi connectivity index (χ0n) is 17.0. The Morgan fingerprint density at radius 1 is 1.28 bits per heavy atom. The number of pyridine rings is 1. The van der Waals surface area contributed by atoms with E-state index >= 15 is 0 Å². The van der Waals surface area contributed by atoms with E-state index in [2.05, 4.69) is 10.3 Å². The monoisotopic (exact) mass is 404 g/mol. The van der Waals surface area contributed by atoms with Crippen molar-refractivity contribution in [3.05, 3.63) is 23.9 Å². The van der Waals surface area contributed by atoms with Crippen molar-refractivity contribution in [3.8, 4) is 5.88 Å². The lowest BCUT2D eigenvalue weighted by molar-refractivity contribution is -0.132. The van der Waals surface area contributed by atoms with Crippen LogP contribution < -0.4 is 15.8 Å². The van der Waals surface area contributed by atoms with E-state index in [1.54, 1.807) is 18.3 Å². The van der Waals surface area contributed by atoms with E-state index in [0.717, 1.165) is 0 Å². The van der Waals surface area contributed by atoms with E-state index < -0.39 is 11.9 Å². The predicted octanol–water partition coefficient (Wildman–Crippen LogP) is 1.61. The van der Waals surface area contributed by atoms with E-state index in [1.807, 2.05) is 20.8 Å². The minimum absolute atomic E-state index is 0.151. The Hall–Kier alpha value is -2.68. The van der Waals surface area contributed by atoms with E-state index in [9.17, 15) is 14.4 Å².